The molecule has 5 nitrogen and oxygen atoms in total. The first kappa shape index (κ1) is 37.2. The molecule has 13 rings (SSSR count). The summed E-state index contributed by atoms with van der Waals surface area (Å²) in [7, 11) is 0. The summed E-state index contributed by atoms with van der Waals surface area (Å²) in [5.41, 5.74) is 17.8. The summed E-state index contributed by atoms with van der Waals surface area (Å²) in [6, 6.07) is 73.2. The molecular weight excluding hydrogens is 793 g/mol. The number of para-hydroxylation sites is 2. The Kier molecular flexibility index (Phi) is 8.18. The van der Waals surface area contributed by atoms with E-state index in [-0.39, 0.29) is 5.41 Å². The highest BCUT2D eigenvalue weighted by molar-refractivity contribution is 6.11. The number of hydrogen-bond donors (Lipinski definition) is 0. The lowest BCUT2D eigenvalue weighted by atomic mass is 9.81. The molecule has 0 atom stereocenters. The summed E-state index contributed by atoms with van der Waals surface area (Å²) in [4.78, 5) is 15.1. The van der Waals surface area contributed by atoms with Gasteiger partial charge in [0, 0.05) is 49.3 Å². The van der Waals surface area contributed by atoms with Crippen molar-refractivity contribution >= 4 is 43.7 Å². The molecule has 0 saturated carbocycles. The Hall–Kier alpha value is -8.41. The second-order valence-electron chi connectivity index (χ2n) is 17.6. The van der Waals surface area contributed by atoms with Gasteiger partial charge in [-0.3, -0.25) is 0 Å². The summed E-state index contributed by atoms with van der Waals surface area (Å²) in [6.07, 6.45) is 0. The third-order valence-electron chi connectivity index (χ3n) is 13.5. The largest absolute Gasteiger partial charge is 0.456 e. The highest BCUT2D eigenvalue weighted by atomic mass is 16.3. The second-order valence-corrected chi connectivity index (χ2v) is 17.6. The van der Waals surface area contributed by atoms with Crippen molar-refractivity contribution in [1.82, 2.24) is 19.5 Å². The minimum atomic E-state index is -0.180. The van der Waals surface area contributed by atoms with Crippen molar-refractivity contribution in [3.63, 3.8) is 0 Å². The number of benzene rings is 9. The quantitative estimate of drug-likeness (QED) is 0.167. The van der Waals surface area contributed by atoms with Gasteiger partial charge in [0.15, 0.2) is 17.5 Å². The maximum absolute atomic E-state index is 6.34. The van der Waals surface area contributed by atoms with E-state index < -0.39 is 0 Å². The van der Waals surface area contributed by atoms with Gasteiger partial charge in [0.1, 0.15) is 11.2 Å². The first-order chi connectivity index (χ1) is 31.9. The van der Waals surface area contributed by atoms with Crippen LogP contribution >= 0.6 is 0 Å². The number of nitrogens with zero attached hydrogens (tertiary/aromatic N) is 4. The smallest absolute Gasteiger partial charge is 0.164 e. The fraction of sp³-hybridized carbons (Fsp3) is 0.0500. The standard InChI is InChI=1S/C60H40N4O/c1-60(2)51-34-43(27-31-45(51)48-35-50-47-18-10-12-20-55(47)65-56(50)36-52(48)60)42-28-32-54-49(33-42)46-17-9-11-19-53(46)64(54)44-29-25-41(26-30-44)59-62-57(39-15-7-4-8-16-39)61-58(63-59)40-23-21-38(22-24-40)37-13-5-3-6-14-37/h3-36H,1-2H3. The predicted molar refractivity (Wildman–Crippen MR) is 266 cm³/mol. The number of aromatic nitrogens is 4. The Morgan fingerprint density at radius 3 is 1.58 bits per heavy atom. The Morgan fingerprint density at radius 2 is 0.862 bits per heavy atom. The van der Waals surface area contributed by atoms with E-state index in [1.807, 2.05) is 42.5 Å². The van der Waals surface area contributed by atoms with E-state index >= 15 is 0 Å². The van der Waals surface area contributed by atoms with Gasteiger partial charge in [-0.05, 0) is 111 Å². The van der Waals surface area contributed by atoms with Gasteiger partial charge < -0.3 is 8.98 Å². The average molecular weight is 833 g/mol. The van der Waals surface area contributed by atoms with Gasteiger partial charge in [-0.25, -0.2) is 15.0 Å². The zero-order chi connectivity index (χ0) is 43.2. The molecule has 3 heterocycles. The molecule has 9 aromatic carbocycles. The van der Waals surface area contributed by atoms with Crippen LogP contribution in [0.2, 0.25) is 0 Å². The molecular formula is C60H40N4O. The van der Waals surface area contributed by atoms with Crippen LogP contribution in [0.25, 0.3) is 117 Å². The summed E-state index contributed by atoms with van der Waals surface area (Å²) >= 11 is 0. The molecule has 0 bridgehead atoms. The lowest BCUT2D eigenvalue weighted by molar-refractivity contribution is 0.647. The van der Waals surface area contributed by atoms with Crippen molar-refractivity contribution in [3.05, 3.63) is 217 Å². The van der Waals surface area contributed by atoms with Crippen molar-refractivity contribution in [2.45, 2.75) is 19.3 Å². The van der Waals surface area contributed by atoms with Gasteiger partial charge in [-0.1, -0.05) is 153 Å². The Bertz CT molecular complexity index is 3830. The van der Waals surface area contributed by atoms with Gasteiger partial charge >= 0.3 is 0 Å². The predicted octanol–water partition coefficient (Wildman–Crippen LogP) is 15.5. The highest BCUT2D eigenvalue weighted by Gasteiger charge is 2.36. The Morgan fingerprint density at radius 1 is 0.354 bits per heavy atom. The van der Waals surface area contributed by atoms with Crippen LogP contribution in [0.5, 0.6) is 0 Å². The molecule has 306 valence electrons. The van der Waals surface area contributed by atoms with E-state index in [0.717, 1.165) is 55.5 Å². The van der Waals surface area contributed by atoms with Crippen LogP contribution in [0.15, 0.2) is 211 Å². The highest BCUT2D eigenvalue weighted by Crippen LogP contribution is 2.52. The zero-order valence-corrected chi connectivity index (χ0v) is 35.8. The SMILES string of the molecule is CC1(C)c2cc(-c3ccc4c(c3)c3ccccc3n4-c3ccc(-c4nc(-c5ccccc5)nc(-c5ccc(-c6ccccc6)cc5)n4)cc3)ccc2-c2cc3c(cc21)oc1ccccc13. The maximum atomic E-state index is 6.34. The van der Waals surface area contributed by atoms with Crippen molar-refractivity contribution < 1.29 is 4.42 Å². The van der Waals surface area contributed by atoms with Gasteiger partial charge in [0.25, 0.3) is 0 Å². The molecule has 0 spiro atoms. The minimum absolute atomic E-state index is 0.180. The van der Waals surface area contributed by atoms with E-state index in [1.54, 1.807) is 0 Å². The third kappa shape index (κ3) is 5.97. The molecule has 3 aromatic heterocycles. The summed E-state index contributed by atoms with van der Waals surface area (Å²) in [5, 5.41) is 4.75. The Labute approximate surface area is 376 Å². The van der Waals surface area contributed by atoms with Crippen molar-refractivity contribution in [1.29, 1.82) is 0 Å². The van der Waals surface area contributed by atoms with Gasteiger partial charge in [-0.2, -0.15) is 0 Å². The molecule has 0 radical (unpaired) electrons. The maximum Gasteiger partial charge on any atom is 0.164 e. The molecule has 5 heteroatoms. The monoisotopic (exact) mass is 832 g/mol. The summed E-state index contributed by atoms with van der Waals surface area (Å²) in [6.45, 7) is 4.68. The lowest BCUT2D eigenvalue weighted by Gasteiger charge is -2.22. The van der Waals surface area contributed by atoms with Gasteiger partial charge in [0.2, 0.25) is 0 Å². The molecule has 0 unspecified atom stereocenters. The van der Waals surface area contributed by atoms with Crippen LogP contribution in [0, 0.1) is 0 Å². The molecule has 0 N–H and O–H groups in total. The number of rotatable bonds is 6. The van der Waals surface area contributed by atoms with Crippen molar-refractivity contribution in [3.8, 4) is 73.2 Å². The molecule has 0 aliphatic heterocycles. The van der Waals surface area contributed by atoms with Crippen LogP contribution in [-0.4, -0.2) is 19.5 Å². The normalized spacial score (nSPS) is 12.9. The van der Waals surface area contributed by atoms with Gasteiger partial charge in [-0.15, -0.1) is 0 Å². The molecule has 1 aliphatic carbocycles. The van der Waals surface area contributed by atoms with Crippen LogP contribution in [0.3, 0.4) is 0 Å². The molecule has 12 aromatic rings. The average Bonchev–Trinajstić information content (AvgIpc) is 3.98. The first-order valence-electron chi connectivity index (χ1n) is 22.2. The van der Waals surface area contributed by atoms with E-state index in [1.165, 1.54) is 55.1 Å². The molecule has 0 saturated heterocycles. The van der Waals surface area contributed by atoms with Crippen LogP contribution < -0.4 is 0 Å². The minimum Gasteiger partial charge on any atom is -0.456 e. The Balaban J connectivity index is 0.866. The molecule has 1 aliphatic rings. The van der Waals surface area contributed by atoms with E-state index in [2.05, 4.69) is 182 Å². The molecule has 65 heavy (non-hydrogen) atoms. The second kappa shape index (κ2) is 14.3. The van der Waals surface area contributed by atoms with Crippen molar-refractivity contribution in [2.75, 3.05) is 0 Å². The topological polar surface area (TPSA) is 56.7 Å². The van der Waals surface area contributed by atoms with E-state index in [0.29, 0.717) is 17.5 Å². The fourth-order valence-corrected chi connectivity index (χ4v) is 10.1. The molecule has 0 fully saturated rings. The van der Waals surface area contributed by atoms with E-state index in [9.17, 15) is 0 Å². The third-order valence-corrected chi connectivity index (χ3v) is 13.5. The van der Waals surface area contributed by atoms with Crippen LogP contribution in [-0.2, 0) is 5.41 Å². The van der Waals surface area contributed by atoms with Gasteiger partial charge in [0.05, 0.1) is 11.0 Å². The van der Waals surface area contributed by atoms with Crippen LogP contribution in [0.4, 0.5) is 0 Å². The lowest BCUT2D eigenvalue weighted by Crippen LogP contribution is -2.15. The first-order valence-corrected chi connectivity index (χ1v) is 22.2. The number of fused-ring (bicyclic) bond motifs is 9. The molecule has 0 amide bonds. The summed E-state index contributed by atoms with van der Waals surface area (Å²) < 4.78 is 8.71. The number of hydrogen-bond acceptors (Lipinski definition) is 4. The zero-order valence-electron chi connectivity index (χ0n) is 35.8. The van der Waals surface area contributed by atoms with Crippen molar-refractivity contribution in [2.24, 2.45) is 0 Å². The van der Waals surface area contributed by atoms with E-state index in [4.69, 9.17) is 19.4 Å². The fourth-order valence-electron chi connectivity index (χ4n) is 10.1. The summed E-state index contributed by atoms with van der Waals surface area (Å²) in [5.74, 6) is 1.90. The number of furan rings is 1. The van der Waals surface area contributed by atoms with Crippen LogP contribution in [0.1, 0.15) is 25.0 Å².